The number of carbonyl (C=O) groups is 1. The van der Waals surface area contributed by atoms with Crippen LogP contribution in [0.15, 0.2) is 23.5 Å². The molecule has 2 heterocycles. The first kappa shape index (κ1) is 27.3. The van der Waals surface area contributed by atoms with E-state index in [1.165, 1.54) is 0 Å². The van der Waals surface area contributed by atoms with E-state index >= 15 is 0 Å². The molecule has 0 bridgehead atoms. The van der Waals surface area contributed by atoms with Crippen LogP contribution in [0, 0.1) is 0 Å². The normalized spacial score (nSPS) is 14.7. The van der Waals surface area contributed by atoms with Gasteiger partial charge in [-0.2, -0.15) is 0 Å². The minimum absolute atomic E-state index is 0. The molecule has 2 N–H and O–H groups in total. The highest BCUT2D eigenvalue weighted by Crippen LogP contribution is 2.09. The molecular weight excluding hydrogens is 507 g/mol. The van der Waals surface area contributed by atoms with E-state index < -0.39 is 0 Å². The number of piperazine rings is 1. The van der Waals surface area contributed by atoms with Gasteiger partial charge in [0, 0.05) is 84.3 Å². The summed E-state index contributed by atoms with van der Waals surface area (Å²) in [7, 11) is 0. The molecule has 0 atom stereocenters. The largest absolute Gasteiger partial charge is 0.357 e. The van der Waals surface area contributed by atoms with Crippen LogP contribution in [0.2, 0.25) is 0 Å². The number of aromatic nitrogens is 2. The zero-order valence-electron chi connectivity index (χ0n) is 19.2. The second-order valence-corrected chi connectivity index (χ2v) is 7.23. The average Bonchev–Trinajstić information content (AvgIpc) is 2.78. The van der Waals surface area contributed by atoms with Gasteiger partial charge in [0.25, 0.3) is 0 Å². The first-order valence-electron chi connectivity index (χ1n) is 11.2. The highest BCUT2D eigenvalue weighted by molar-refractivity contribution is 14.0. The van der Waals surface area contributed by atoms with Gasteiger partial charge in [0.05, 0.1) is 0 Å². The fourth-order valence-corrected chi connectivity index (χ4v) is 3.48. The molecule has 0 radical (unpaired) electrons. The minimum Gasteiger partial charge on any atom is -0.357 e. The summed E-state index contributed by atoms with van der Waals surface area (Å²) >= 11 is 0. The third-order valence-corrected chi connectivity index (χ3v) is 5.20. The van der Waals surface area contributed by atoms with Gasteiger partial charge in [-0.05, 0) is 33.3 Å². The standard InChI is InChI=1S/C21H38N8O.HI/c1-4-22-20(24-13-9-19(30)28(5-2)6-3)23-12-8-14-27-15-17-29(18-16-27)21-25-10-7-11-26-21;/h7,10-11H,4-6,8-9,12-18H2,1-3H3,(H2,22,23,24);1H. The van der Waals surface area contributed by atoms with Gasteiger partial charge in [-0.15, -0.1) is 24.0 Å². The monoisotopic (exact) mass is 546 g/mol. The van der Waals surface area contributed by atoms with Crippen molar-refractivity contribution in [3.8, 4) is 0 Å². The summed E-state index contributed by atoms with van der Waals surface area (Å²) < 4.78 is 0. The predicted molar refractivity (Wildman–Crippen MR) is 137 cm³/mol. The fraction of sp³-hybridized carbons (Fsp3) is 0.714. The molecule has 10 heteroatoms. The Kier molecular flexibility index (Phi) is 14.1. The minimum atomic E-state index is 0. The molecule has 31 heavy (non-hydrogen) atoms. The Morgan fingerprint density at radius 3 is 2.39 bits per heavy atom. The Hall–Kier alpha value is -1.69. The lowest BCUT2D eigenvalue weighted by Crippen LogP contribution is -2.47. The van der Waals surface area contributed by atoms with E-state index in [9.17, 15) is 4.79 Å². The van der Waals surface area contributed by atoms with Gasteiger partial charge in [0.2, 0.25) is 11.9 Å². The van der Waals surface area contributed by atoms with E-state index in [0.29, 0.717) is 13.0 Å². The highest BCUT2D eigenvalue weighted by atomic mass is 127. The molecule has 1 aliphatic rings. The van der Waals surface area contributed by atoms with Crippen molar-refractivity contribution >= 4 is 41.8 Å². The second-order valence-electron chi connectivity index (χ2n) is 7.23. The molecule has 1 aromatic heterocycles. The summed E-state index contributed by atoms with van der Waals surface area (Å²) in [5.74, 6) is 1.79. The zero-order valence-corrected chi connectivity index (χ0v) is 21.5. The molecule has 1 fully saturated rings. The van der Waals surface area contributed by atoms with Crippen LogP contribution < -0.4 is 15.5 Å². The molecule has 2 rings (SSSR count). The van der Waals surface area contributed by atoms with Crippen LogP contribution in [0.25, 0.3) is 0 Å². The van der Waals surface area contributed by atoms with Crippen molar-refractivity contribution < 1.29 is 4.79 Å². The quantitative estimate of drug-likeness (QED) is 0.188. The molecular formula is C21H39IN8O. The number of amides is 1. The van der Waals surface area contributed by atoms with E-state index in [1.54, 1.807) is 12.4 Å². The lowest BCUT2D eigenvalue weighted by Gasteiger charge is -2.34. The van der Waals surface area contributed by atoms with Crippen molar-refractivity contribution in [3.05, 3.63) is 18.5 Å². The van der Waals surface area contributed by atoms with Crippen LogP contribution in [-0.2, 0) is 4.79 Å². The second kappa shape index (κ2) is 16.0. The van der Waals surface area contributed by atoms with Crippen LogP contribution in [0.5, 0.6) is 0 Å². The molecule has 0 unspecified atom stereocenters. The van der Waals surface area contributed by atoms with Crippen molar-refractivity contribution in [1.82, 2.24) is 30.4 Å². The summed E-state index contributed by atoms with van der Waals surface area (Å²) in [5, 5.41) is 6.53. The van der Waals surface area contributed by atoms with E-state index in [1.807, 2.05) is 31.7 Å². The van der Waals surface area contributed by atoms with E-state index in [2.05, 4.69) is 35.4 Å². The van der Waals surface area contributed by atoms with Crippen molar-refractivity contribution in [1.29, 1.82) is 0 Å². The Morgan fingerprint density at radius 1 is 1.10 bits per heavy atom. The number of hydrogen-bond acceptors (Lipinski definition) is 6. The number of guanidine groups is 1. The third kappa shape index (κ3) is 9.98. The first-order chi connectivity index (χ1) is 14.7. The van der Waals surface area contributed by atoms with Crippen LogP contribution in [-0.4, -0.2) is 97.1 Å². The molecule has 1 aromatic rings. The molecule has 0 aromatic carbocycles. The maximum atomic E-state index is 12.1. The van der Waals surface area contributed by atoms with Crippen LogP contribution in [0.1, 0.15) is 33.6 Å². The van der Waals surface area contributed by atoms with Gasteiger partial charge >= 0.3 is 0 Å². The van der Waals surface area contributed by atoms with E-state index in [0.717, 1.165) is 77.2 Å². The number of nitrogens with one attached hydrogen (secondary N) is 2. The van der Waals surface area contributed by atoms with E-state index in [-0.39, 0.29) is 29.9 Å². The van der Waals surface area contributed by atoms with Gasteiger partial charge in [-0.1, -0.05) is 0 Å². The lowest BCUT2D eigenvalue weighted by molar-refractivity contribution is -0.130. The number of aliphatic imine (C=N–C) groups is 1. The average molecular weight is 547 g/mol. The Morgan fingerprint density at radius 2 is 1.77 bits per heavy atom. The molecule has 0 spiro atoms. The summed E-state index contributed by atoms with van der Waals surface area (Å²) in [6, 6.07) is 1.85. The van der Waals surface area contributed by atoms with Crippen molar-refractivity contribution in [3.63, 3.8) is 0 Å². The molecule has 1 saturated heterocycles. The molecule has 176 valence electrons. The van der Waals surface area contributed by atoms with Crippen molar-refractivity contribution in [2.45, 2.75) is 33.6 Å². The number of nitrogens with zero attached hydrogens (tertiary/aromatic N) is 6. The summed E-state index contributed by atoms with van der Waals surface area (Å²) in [5.41, 5.74) is 0. The maximum absolute atomic E-state index is 12.1. The topological polar surface area (TPSA) is 89.0 Å². The molecule has 1 amide bonds. The number of hydrogen-bond donors (Lipinski definition) is 2. The number of anilines is 1. The SMILES string of the molecule is CCNC(=NCCCN1CCN(c2ncccn2)CC1)NCCC(=O)N(CC)CC.I. The molecule has 0 aliphatic carbocycles. The molecule has 9 nitrogen and oxygen atoms in total. The van der Waals surface area contributed by atoms with Crippen LogP contribution >= 0.6 is 24.0 Å². The summed E-state index contributed by atoms with van der Waals surface area (Å²) in [6.45, 7) is 14.8. The Balaban J connectivity index is 0.00000480. The number of halogens is 1. The smallest absolute Gasteiger partial charge is 0.225 e. The maximum Gasteiger partial charge on any atom is 0.225 e. The summed E-state index contributed by atoms with van der Waals surface area (Å²) in [6.07, 6.45) is 5.09. The molecule has 1 aliphatic heterocycles. The van der Waals surface area contributed by atoms with Gasteiger partial charge in [0.1, 0.15) is 0 Å². The highest BCUT2D eigenvalue weighted by Gasteiger charge is 2.18. The van der Waals surface area contributed by atoms with Gasteiger partial charge in [-0.3, -0.25) is 14.7 Å². The van der Waals surface area contributed by atoms with Gasteiger partial charge < -0.3 is 20.4 Å². The fourth-order valence-electron chi connectivity index (χ4n) is 3.48. The zero-order chi connectivity index (χ0) is 21.6. The molecule has 0 saturated carbocycles. The van der Waals surface area contributed by atoms with E-state index in [4.69, 9.17) is 0 Å². The third-order valence-electron chi connectivity index (χ3n) is 5.20. The number of carbonyl (C=O) groups excluding carboxylic acids is 1. The van der Waals surface area contributed by atoms with Gasteiger partial charge in [-0.25, -0.2) is 9.97 Å². The number of rotatable bonds is 11. The van der Waals surface area contributed by atoms with Gasteiger partial charge in [0.15, 0.2) is 5.96 Å². The van der Waals surface area contributed by atoms with Crippen LogP contribution in [0.3, 0.4) is 0 Å². The van der Waals surface area contributed by atoms with Crippen LogP contribution in [0.4, 0.5) is 5.95 Å². The Bertz CT molecular complexity index is 634. The predicted octanol–water partition coefficient (Wildman–Crippen LogP) is 1.42. The van der Waals surface area contributed by atoms with Crippen molar-refractivity contribution in [2.75, 3.05) is 70.3 Å². The summed E-state index contributed by atoms with van der Waals surface area (Å²) in [4.78, 5) is 32.0. The first-order valence-corrected chi connectivity index (χ1v) is 11.2. The van der Waals surface area contributed by atoms with Crippen molar-refractivity contribution in [2.24, 2.45) is 4.99 Å². The Labute approximate surface area is 204 Å². The lowest BCUT2D eigenvalue weighted by atomic mass is 10.3.